The standard InChI is InChI=1S/C18H22ClFN2O.2ClH/c1-21-9-2-10-22-12-15-11-16(19)5-8-18(15)23-13-14-3-6-17(20)7-4-14;;/h3-8,11,21-22H,2,9-10,12-13H2,1H3;2*1H. The van der Waals surface area contributed by atoms with Crippen molar-refractivity contribution in [3.63, 3.8) is 0 Å². The number of hydrogen-bond donors (Lipinski definition) is 2. The third-order valence-corrected chi connectivity index (χ3v) is 3.66. The Morgan fingerprint density at radius 3 is 2.44 bits per heavy atom. The van der Waals surface area contributed by atoms with E-state index in [1.807, 2.05) is 25.2 Å². The summed E-state index contributed by atoms with van der Waals surface area (Å²) in [6.07, 6.45) is 1.06. The summed E-state index contributed by atoms with van der Waals surface area (Å²) < 4.78 is 18.8. The summed E-state index contributed by atoms with van der Waals surface area (Å²) in [6.45, 7) is 3.00. The van der Waals surface area contributed by atoms with Crippen LogP contribution in [-0.4, -0.2) is 20.1 Å². The van der Waals surface area contributed by atoms with Gasteiger partial charge in [0.15, 0.2) is 0 Å². The van der Waals surface area contributed by atoms with Gasteiger partial charge in [0, 0.05) is 17.1 Å². The van der Waals surface area contributed by atoms with Gasteiger partial charge >= 0.3 is 0 Å². The fourth-order valence-corrected chi connectivity index (χ4v) is 2.38. The highest BCUT2D eigenvalue weighted by atomic mass is 35.5. The van der Waals surface area contributed by atoms with Gasteiger partial charge in [0.05, 0.1) is 0 Å². The van der Waals surface area contributed by atoms with Gasteiger partial charge in [0.25, 0.3) is 0 Å². The first kappa shape index (κ1) is 24.0. The van der Waals surface area contributed by atoms with Crippen LogP contribution in [0.1, 0.15) is 17.5 Å². The molecule has 0 amide bonds. The molecule has 0 saturated carbocycles. The number of rotatable bonds is 9. The predicted octanol–water partition coefficient (Wildman–Crippen LogP) is 4.60. The van der Waals surface area contributed by atoms with E-state index in [1.165, 1.54) is 12.1 Å². The topological polar surface area (TPSA) is 33.3 Å². The molecule has 140 valence electrons. The smallest absolute Gasteiger partial charge is 0.124 e. The van der Waals surface area contributed by atoms with Gasteiger partial charge in [-0.1, -0.05) is 23.7 Å². The van der Waals surface area contributed by atoms with Crippen LogP contribution in [0.15, 0.2) is 42.5 Å². The zero-order valence-corrected chi connectivity index (χ0v) is 16.4. The molecule has 0 heterocycles. The van der Waals surface area contributed by atoms with Crippen molar-refractivity contribution >= 4 is 36.4 Å². The maximum absolute atomic E-state index is 12.9. The highest BCUT2D eigenvalue weighted by molar-refractivity contribution is 6.30. The monoisotopic (exact) mass is 408 g/mol. The average Bonchev–Trinajstić information content (AvgIpc) is 2.55. The number of benzene rings is 2. The van der Waals surface area contributed by atoms with E-state index in [-0.39, 0.29) is 30.6 Å². The van der Waals surface area contributed by atoms with Gasteiger partial charge in [-0.25, -0.2) is 4.39 Å². The van der Waals surface area contributed by atoms with Crippen LogP contribution < -0.4 is 15.4 Å². The van der Waals surface area contributed by atoms with Crippen LogP contribution in [-0.2, 0) is 13.2 Å². The highest BCUT2D eigenvalue weighted by Gasteiger charge is 2.05. The Bertz CT molecular complexity index is 612. The molecule has 2 N–H and O–H groups in total. The molecule has 0 fully saturated rings. The largest absolute Gasteiger partial charge is 0.489 e. The minimum Gasteiger partial charge on any atom is -0.489 e. The SMILES string of the molecule is CNCCCNCc1cc(Cl)ccc1OCc1ccc(F)cc1.Cl.Cl. The number of hydrogen-bond acceptors (Lipinski definition) is 3. The van der Waals surface area contributed by atoms with Crippen LogP contribution >= 0.6 is 36.4 Å². The van der Waals surface area contributed by atoms with E-state index in [0.717, 1.165) is 36.4 Å². The van der Waals surface area contributed by atoms with E-state index < -0.39 is 0 Å². The molecule has 0 bridgehead atoms. The molecule has 0 spiro atoms. The van der Waals surface area contributed by atoms with Crippen molar-refractivity contribution in [2.75, 3.05) is 20.1 Å². The van der Waals surface area contributed by atoms with Crippen LogP contribution in [0.2, 0.25) is 5.02 Å². The molecule has 25 heavy (non-hydrogen) atoms. The second-order valence-electron chi connectivity index (χ2n) is 5.30. The van der Waals surface area contributed by atoms with E-state index in [4.69, 9.17) is 16.3 Å². The second kappa shape index (κ2) is 13.2. The van der Waals surface area contributed by atoms with E-state index in [9.17, 15) is 4.39 Å². The molecule has 0 aliphatic rings. The maximum atomic E-state index is 12.9. The molecule has 2 rings (SSSR count). The zero-order chi connectivity index (χ0) is 16.5. The van der Waals surface area contributed by atoms with Crippen molar-refractivity contribution in [3.05, 3.63) is 64.4 Å². The van der Waals surface area contributed by atoms with Crippen molar-refractivity contribution in [1.29, 1.82) is 0 Å². The summed E-state index contributed by atoms with van der Waals surface area (Å²) in [5.74, 6) is 0.548. The Balaban J connectivity index is 0.00000288. The Kier molecular flexibility index (Phi) is 12.7. The summed E-state index contributed by atoms with van der Waals surface area (Å²) in [7, 11) is 1.94. The molecule has 2 aromatic rings. The summed E-state index contributed by atoms with van der Waals surface area (Å²) in [5.41, 5.74) is 1.94. The Labute approximate surface area is 166 Å². The number of nitrogens with one attached hydrogen (secondary N) is 2. The Hall–Kier alpha value is -1.04. The van der Waals surface area contributed by atoms with Gasteiger partial charge in [-0.15, -0.1) is 24.8 Å². The normalized spacial score (nSPS) is 9.88. The van der Waals surface area contributed by atoms with Crippen molar-refractivity contribution in [1.82, 2.24) is 10.6 Å². The minimum absolute atomic E-state index is 0. The lowest BCUT2D eigenvalue weighted by molar-refractivity contribution is 0.302. The fourth-order valence-electron chi connectivity index (χ4n) is 2.18. The van der Waals surface area contributed by atoms with Gasteiger partial charge in [0.1, 0.15) is 18.2 Å². The molecule has 7 heteroatoms. The van der Waals surface area contributed by atoms with Gasteiger partial charge in [0.2, 0.25) is 0 Å². The first-order chi connectivity index (χ1) is 11.2. The van der Waals surface area contributed by atoms with Crippen molar-refractivity contribution in [2.24, 2.45) is 0 Å². The van der Waals surface area contributed by atoms with Crippen molar-refractivity contribution in [3.8, 4) is 5.75 Å². The molecule has 0 aliphatic heterocycles. The Morgan fingerprint density at radius 1 is 1.04 bits per heavy atom. The summed E-state index contributed by atoms with van der Waals surface area (Å²) in [6, 6.07) is 11.9. The van der Waals surface area contributed by atoms with E-state index in [0.29, 0.717) is 18.2 Å². The second-order valence-corrected chi connectivity index (χ2v) is 5.74. The third-order valence-electron chi connectivity index (χ3n) is 3.43. The summed E-state index contributed by atoms with van der Waals surface area (Å²) in [5, 5.41) is 7.18. The Morgan fingerprint density at radius 2 is 1.76 bits per heavy atom. The number of ether oxygens (including phenoxy) is 1. The van der Waals surface area contributed by atoms with Crippen LogP contribution in [0.25, 0.3) is 0 Å². The quantitative estimate of drug-likeness (QED) is 0.594. The first-order valence-corrected chi connectivity index (χ1v) is 8.08. The van der Waals surface area contributed by atoms with Gasteiger partial charge in [-0.05, 0) is 62.5 Å². The van der Waals surface area contributed by atoms with Crippen LogP contribution in [0.5, 0.6) is 5.75 Å². The van der Waals surface area contributed by atoms with Gasteiger partial charge in [-0.3, -0.25) is 0 Å². The molecule has 0 saturated heterocycles. The summed E-state index contributed by atoms with van der Waals surface area (Å²) in [4.78, 5) is 0. The van der Waals surface area contributed by atoms with E-state index >= 15 is 0 Å². The van der Waals surface area contributed by atoms with Crippen LogP contribution in [0.3, 0.4) is 0 Å². The maximum Gasteiger partial charge on any atom is 0.124 e. The third kappa shape index (κ3) is 8.75. The van der Waals surface area contributed by atoms with Gasteiger partial charge in [-0.2, -0.15) is 0 Å². The number of halogens is 4. The average molecular weight is 410 g/mol. The molecule has 0 aliphatic carbocycles. The predicted molar refractivity (Wildman–Crippen MR) is 107 cm³/mol. The van der Waals surface area contributed by atoms with E-state index in [1.54, 1.807) is 12.1 Å². The molecular formula is C18H24Cl3FN2O. The van der Waals surface area contributed by atoms with Gasteiger partial charge < -0.3 is 15.4 Å². The highest BCUT2D eigenvalue weighted by Crippen LogP contribution is 2.24. The molecule has 0 radical (unpaired) electrons. The molecule has 0 unspecified atom stereocenters. The molecule has 0 atom stereocenters. The minimum atomic E-state index is -0.244. The van der Waals surface area contributed by atoms with Crippen LogP contribution in [0.4, 0.5) is 4.39 Å². The molecule has 3 nitrogen and oxygen atoms in total. The summed E-state index contributed by atoms with van der Waals surface area (Å²) >= 11 is 6.08. The van der Waals surface area contributed by atoms with Crippen molar-refractivity contribution < 1.29 is 9.13 Å². The first-order valence-electron chi connectivity index (χ1n) is 7.70. The zero-order valence-electron chi connectivity index (χ0n) is 14.1. The molecule has 0 aromatic heterocycles. The molecular weight excluding hydrogens is 386 g/mol. The lowest BCUT2D eigenvalue weighted by Gasteiger charge is -2.13. The lowest BCUT2D eigenvalue weighted by atomic mass is 10.2. The fraction of sp³-hybridized carbons (Fsp3) is 0.333. The van der Waals surface area contributed by atoms with E-state index in [2.05, 4.69) is 10.6 Å². The lowest BCUT2D eigenvalue weighted by Crippen LogP contribution is -2.19. The molecule has 2 aromatic carbocycles. The van der Waals surface area contributed by atoms with Crippen molar-refractivity contribution in [2.45, 2.75) is 19.6 Å². The van der Waals surface area contributed by atoms with Crippen LogP contribution in [0, 0.1) is 5.82 Å².